The molecule has 0 aromatic carbocycles. The Bertz CT molecular complexity index is 298. The third kappa shape index (κ3) is 3.69. The normalized spacial score (nSPS) is 30.4. The molecular formula is C15H27NO3. The van der Waals surface area contributed by atoms with E-state index in [1.807, 2.05) is 0 Å². The van der Waals surface area contributed by atoms with Crippen molar-refractivity contribution in [1.82, 2.24) is 4.90 Å². The SMILES string of the molecule is CCCC1(C(=O)O)CCCN(CC2CCOCC2)C1. The van der Waals surface area contributed by atoms with Crippen LogP contribution >= 0.6 is 0 Å². The van der Waals surface area contributed by atoms with Gasteiger partial charge in [-0.3, -0.25) is 4.79 Å². The van der Waals surface area contributed by atoms with Crippen LogP contribution in [0.15, 0.2) is 0 Å². The molecule has 0 aromatic rings. The Morgan fingerprint density at radius 2 is 2.16 bits per heavy atom. The fourth-order valence-electron chi connectivity index (χ4n) is 3.64. The van der Waals surface area contributed by atoms with Gasteiger partial charge in [-0.25, -0.2) is 0 Å². The topological polar surface area (TPSA) is 49.8 Å². The van der Waals surface area contributed by atoms with Gasteiger partial charge in [0.2, 0.25) is 0 Å². The summed E-state index contributed by atoms with van der Waals surface area (Å²) in [6.45, 7) is 6.70. The molecular weight excluding hydrogens is 242 g/mol. The van der Waals surface area contributed by atoms with Gasteiger partial charge in [0.1, 0.15) is 0 Å². The van der Waals surface area contributed by atoms with Gasteiger partial charge in [0.25, 0.3) is 0 Å². The predicted molar refractivity (Wildman–Crippen MR) is 74.2 cm³/mol. The molecule has 2 rings (SSSR count). The number of hydrogen-bond donors (Lipinski definition) is 1. The van der Waals surface area contributed by atoms with Gasteiger partial charge in [0.15, 0.2) is 0 Å². The molecule has 19 heavy (non-hydrogen) atoms. The van der Waals surface area contributed by atoms with Crippen molar-refractivity contribution in [3.05, 3.63) is 0 Å². The zero-order valence-electron chi connectivity index (χ0n) is 12.1. The Morgan fingerprint density at radius 3 is 2.79 bits per heavy atom. The van der Waals surface area contributed by atoms with Gasteiger partial charge in [-0.2, -0.15) is 0 Å². The Hall–Kier alpha value is -0.610. The molecule has 0 bridgehead atoms. The number of carboxylic acid groups (broad SMARTS) is 1. The predicted octanol–water partition coefficient (Wildman–Crippen LogP) is 2.38. The van der Waals surface area contributed by atoms with Gasteiger partial charge >= 0.3 is 5.97 Å². The van der Waals surface area contributed by atoms with E-state index in [0.717, 1.165) is 71.4 Å². The number of nitrogens with zero attached hydrogens (tertiary/aromatic N) is 1. The van der Waals surface area contributed by atoms with Crippen LogP contribution in [-0.4, -0.2) is 48.8 Å². The smallest absolute Gasteiger partial charge is 0.310 e. The highest BCUT2D eigenvalue weighted by Gasteiger charge is 2.41. The van der Waals surface area contributed by atoms with Crippen molar-refractivity contribution in [3.63, 3.8) is 0 Å². The number of aliphatic carboxylic acids is 1. The molecule has 2 fully saturated rings. The molecule has 0 amide bonds. The number of rotatable bonds is 5. The van der Waals surface area contributed by atoms with Crippen LogP contribution in [-0.2, 0) is 9.53 Å². The van der Waals surface area contributed by atoms with Crippen molar-refractivity contribution >= 4 is 5.97 Å². The minimum atomic E-state index is -0.592. The molecule has 1 atom stereocenters. The van der Waals surface area contributed by atoms with E-state index in [1.165, 1.54) is 0 Å². The van der Waals surface area contributed by atoms with Crippen LogP contribution < -0.4 is 0 Å². The molecule has 0 aromatic heterocycles. The average Bonchev–Trinajstić information content (AvgIpc) is 2.40. The molecule has 2 aliphatic rings. The number of hydrogen-bond acceptors (Lipinski definition) is 3. The lowest BCUT2D eigenvalue weighted by Crippen LogP contribution is -2.49. The first-order chi connectivity index (χ1) is 9.16. The van der Waals surface area contributed by atoms with Gasteiger partial charge < -0.3 is 14.7 Å². The van der Waals surface area contributed by atoms with E-state index in [1.54, 1.807) is 0 Å². The largest absolute Gasteiger partial charge is 0.481 e. The number of carboxylic acids is 1. The first kappa shape index (κ1) is 14.8. The third-order valence-corrected chi connectivity index (χ3v) is 4.70. The Kier molecular flexibility index (Phi) is 5.22. The molecule has 0 spiro atoms. The summed E-state index contributed by atoms with van der Waals surface area (Å²) in [4.78, 5) is 14.0. The summed E-state index contributed by atoms with van der Waals surface area (Å²) in [5.74, 6) is 0.103. The van der Waals surface area contributed by atoms with Crippen LogP contribution in [0.4, 0.5) is 0 Å². The van der Waals surface area contributed by atoms with Crippen molar-refractivity contribution in [2.75, 3.05) is 32.8 Å². The monoisotopic (exact) mass is 269 g/mol. The van der Waals surface area contributed by atoms with E-state index in [2.05, 4.69) is 11.8 Å². The molecule has 110 valence electrons. The first-order valence-corrected chi connectivity index (χ1v) is 7.70. The highest BCUT2D eigenvalue weighted by Crippen LogP contribution is 2.35. The van der Waals surface area contributed by atoms with Gasteiger partial charge in [-0.05, 0) is 44.6 Å². The molecule has 2 saturated heterocycles. The summed E-state index contributed by atoms with van der Waals surface area (Å²) in [5, 5.41) is 9.60. The summed E-state index contributed by atoms with van der Waals surface area (Å²) in [5.41, 5.74) is -0.488. The molecule has 2 aliphatic heterocycles. The molecule has 4 heteroatoms. The standard InChI is InChI=1S/C15H27NO3/c1-2-6-15(14(17)18)7-3-8-16(12-15)11-13-4-9-19-10-5-13/h13H,2-12H2,1H3,(H,17,18). The maximum Gasteiger partial charge on any atom is 0.310 e. The van der Waals surface area contributed by atoms with Gasteiger partial charge in [-0.1, -0.05) is 13.3 Å². The van der Waals surface area contributed by atoms with Gasteiger partial charge in [-0.15, -0.1) is 0 Å². The van der Waals surface area contributed by atoms with E-state index in [4.69, 9.17) is 4.74 Å². The number of likely N-dealkylation sites (tertiary alicyclic amines) is 1. The average molecular weight is 269 g/mol. The number of carbonyl (C=O) groups is 1. The van der Waals surface area contributed by atoms with Crippen LogP contribution in [0.5, 0.6) is 0 Å². The highest BCUT2D eigenvalue weighted by molar-refractivity contribution is 5.75. The number of piperidine rings is 1. The maximum absolute atomic E-state index is 11.7. The van der Waals surface area contributed by atoms with Crippen molar-refractivity contribution in [2.45, 2.75) is 45.4 Å². The molecule has 4 nitrogen and oxygen atoms in total. The summed E-state index contributed by atoms with van der Waals surface area (Å²) in [6.07, 6.45) is 5.90. The van der Waals surface area contributed by atoms with Crippen molar-refractivity contribution in [3.8, 4) is 0 Å². The van der Waals surface area contributed by atoms with Gasteiger partial charge in [0, 0.05) is 26.3 Å². The molecule has 1 unspecified atom stereocenters. The zero-order chi connectivity index (χ0) is 13.7. The second kappa shape index (κ2) is 6.71. The van der Waals surface area contributed by atoms with Gasteiger partial charge in [0.05, 0.1) is 5.41 Å². The van der Waals surface area contributed by atoms with Crippen molar-refractivity contribution in [2.24, 2.45) is 11.3 Å². The van der Waals surface area contributed by atoms with Crippen molar-refractivity contribution < 1.29 is 14.6 Å². The second-order valence-electron chi connectivity index (χ2n) is 6.23. The minimum absolute atomic E-state index is 0.488. The fraction of sp³-hybridized carbons (Fsp3) is 0.933. The van der Waals surface area contributed by atoms with E-state index in [0.29, 0.717) is 5.92 Å². The number of ether oxygens (including phenoxy) is 1. The van der Waals surface area contributed by atoms with Crippen LogP contribution in [0, 0.1) is 11.3 Å². The lowest BCUT2D eigenvalue weighted by Gasteiger charge is -2.41. The zero-order valence-corrected chi connectivity index (χ0v) is 12.1. The first-order valence-electron chi connectivity index (χ1n) is 7.70. The second-order valence-corrected chi connectivity index (χ2v) is 6.23. The summed E-state index contributed by atoms with van der Waals surface area (Å²) in [6, 6.07) is 0. The quantitative estimate of drug-likeness (QED) is 0.832. The van der Waals surface area contributed by atoms with Crippen LogP contribution in [0.3, 0.4) is 0 Å². The Morgan fingerprint density at radius 1 is 1.42 bits per heavy atom. The summed E-state index contributed by atoms with van der Waals surface area (Å²) >= 11 is 0. The Labute approximate surface area is 116 Å². The molecule has 2 heterocycles. The minimum Gasteiger partial charge on any atom is -0.481 e. The molecule has 0 saturated carbocycles. The summed E-state index contributed by atoms with van der Waals surface area (Å²) < 4.78 is 5.39. The van der Waals surface area contributed by atoms with Crippen LogP contribution in [0.1, 0.15) is 45.4 Å². The third-order valence-electron chi connectivity index (χ3n) is 4.70. The van der Waals surface area contributed by atoms with Crippen molar-refractivity contribution in [1.29, 1.82) is 0 Å². The fourth-order valence-corrected chi connectivity index (χ4v) is 3.64. The lowest BCUT2D eigenvalue weighted by atomic mass is 9.76. The lowest BCUT2D eigenvalue weighted by molar-refractivity contribution is -0.153. The molecule has 0 aliphatic carbocycles. The van der Waals surface area contributed by atoms with E-state index >= 15 is 0 Å². The van der Waals surface area contributed by atoms with E-state index < -0.39 is 11.4 Å². The highest BCUT2D eigenvalue weighted by atomic mass is 16.5. The van der Waals surface area contributed by atoms with E-state index in [9.17, 15) is 9.90 Å². The maximum atomic E-state index is 11.7. The van der Waals surface area contributed by atoms with E-state index in [-0.39, 0.29) is 0 Å². The Balaban J connectivity index is 1.92. The van der Waals surface area contributed by atoms with Crippen LogP contribution in [0.25, 0.3) is 0 Å². The summed E-state index contributed by atoms with van der Waals surface area (Å²) in [7, 11) is 0. The molecule has 0 radical (unpaired) electrons. The molecule has 1 N–H and O–H groups in total. The van der Waals surface area contributed by atoms with Crippen LogP contribution in [0.2, 0.25) is 0 Å².